The van der Waals surface area contributed by atoms with Crippen molar-refractivity contribution >= 4 is 35.0 Å². The highest BCUT2D eigenvalue weighted by Gasteiger charge is 2.13. The van der Waals surface area contributed by atoms with Crippen molar-refractivity contribution in [2.75, 3.05) is 6.54 Å². The van der Waals surface area contributed by atoms with Crippen molar-refractivity contribution in [3.8, 4) is 0 Å². The van der Waals surface area contributed by atoms with Crippen LogP contribution in [0, 0.1) is 0 Å². The first kappa shape index (κ1) is 16.7. The molecule has 1 unspecified atom stereocenters. The number of rotatable bonds is 6. The predicted molar refractivity (Wildman–Crippen MR) is 93.7 cm³/mol. The molecule has 0 saturated carbocycles. The molecule has 1 atom stereocenters. The van der Waals surface area contributed by atoms with Crippen LogP contribution in [0.25, 0.3) is 0 Å². The third kappa shape index (κ3) is 4.40. The summed E-state index contributed by atoms with van der Waals surface area (Å²) in [6.07, 6.45) is 1.06. The van der Waals surface area contributed by atoms with Gasteiger partial charge in [0.25, 0.3) is 0 Å². The van der Waals surface area contributed by atoms with Crippen LogP contribution in [0.1, 0.15) is 31.9 Å². The van der Waals surface area contributed by atoms with Gasteiger partial charge >= 0.3 is 0 Å². The van der Waals surface area contributed by atoms with E-state index >= 15 is 0 Å². The molecule has 2 rings (SSSR count). The molecule has 0 aromatic heterocycles. The Morgan fingerprint density at radius 3 is 2.48 bits per heavy atom. The second-order valence-electron chi connectivity index (χ2n) is 4.73. The van der Waals surface area contributed by atoms with Gasteiger partial charge in [-0.25, -0.2) is 0 Å². The molecule has 2 aromatic carbocycles. The number of nitrogens with one attached hydrogen (secondary N) is 1. The van der Waals surface area contributed by atoms with Crippen molar-refractivity contribution in [1.29, 1.82) is 0 Å². The van der Waals surface area contributed by atoms with E-state index in [9.17, 15) is 0 Å². The summed E-state index contributed by atoms with van der Waals surface area (Å²) in [5.41, 5.74) is 1.33. The normalized spacial score (nSPS) is 12.4. The van der Waals surface area contributed by atoms with Gasteiger partial charge in [-0.15, -0.1) is 0 Å². The van der Waals surface area contributed by atoms with Crippen molar-refractivity contribution < 1.29 is 0 Å². The summed E-state index contributed by atoms with van der Waals surface area (Å²) < 4.78 is 0. The minimum Gasteiger partial charge on any atom is -0.310 e. The van der Waals surface area contributed by atoms with Gasteiger partial charge in [-0.05, 0) is 42.8 Å². The van der Waals surface area contributed by atoms with Gasteiger partial charge in [-0.2, -0.15) is 0 Å². The van der Waals surface area contributed by atoms with E-state index < -0.39 is 0 Å². The van der Waals surface area contributed by atoms with Gasteiger partial charge in [0.15, 0.2) is 0 Å². The van der Waals surface area contributed by atoms with E-state index in [4.69, 9.17) is 23.2 Å². The Balaban J connectivity index is 2.29. The van der Waals surface area contributed by atoms with Crippen LogP contribution in [0.15, 0.2) is 52.3 Å². The van der Waals surface area contributed by atoms with Crippen molar-refractivity contribution in [3.05, 3.63) is 58.1 Å². The minimum absolute atomic E-state index is 0.376. The van der Waals surface area contributed by atoms with Crippen LogP contribution < -0.4 is 5.32 Å². The van der Waals surface area contributed by atoms with Crippen LogP contribution in [0.5, 0.6) is 0 Å². The van der Waals surface area contributed by atoms with Crippen molar-refractivity contribution in [3.63, 3.8) is 0 Å². The smallest absolute Gasteiger partial charge is 0.0603 e. The lowest BCUT2D eigenvalue weighted by Crippen LogP contribution is -2.20. The summed E-state index contributed by atoms with van der Waals surface area (Å²) in [7, 11) is 0. The SMILES string of the molecule is CCNC(CC)c1ccccc1Sc1ccc(Cl)c(Cl)c1. The highest BCUT2D eigenvalue weighted by atomic mass is 35.5. The lowest BCUT2D eigenvalue weighted by atomic mass is 10.0. The molecule has 0 spiro atoms. The Hall–Kier alpha value is -0.670. The van der Waals surface area contributed by atoms with Crippen LogP contribution in [-0.4, -0.2) is 6.54 Å². The maximum atomic E-state index is 6.10. The van der Waals surface area contributed by atoms with Gasteiger partial charge in [-0.3, -0.25) is 0 Å². The molecule has 0 heterocycles. The molecule has 0 fully saturated rings. The summed E-state index contributed by atoms with van der Waals surface area (Å²) >= 11 is 13.8. The van der Waals surface area contributed by atoms with E-state index in [-0.39, 0.29) is 0 Å². The highest BCUT2D eigenvalue weighted by molar-refractivity contribution is 7.99. The van der Waals surface area contributed by atoms with Crippen molar-refractivity contribution in [2.24, 2.45) is 0 Å². The van der Waals surface area contributed by atoms with Gasteiger partial charge in [0, 0.05) is 15.8 Å². The Morgan fingerprint density at radius 1 is 1.05 bits per heavy atom. The summed E-state index contributed by atoms with van der Waals surface area (Å²) in [5.74, 6) is 0. The minimum atomic E-state index is 0.376. The average molecular weight is 340 g/mol. The van der Waals surface area contributed by atoms with E-state index in [1.807, 2.05) is 18.2 Å². The fourth-order valence-corrected chi connectivity index (χ4v) is 3.65. The van der Waals surface area contributed by atoms with E-state index in [1.165, 1.54) is 10.5 Å². The second kappa shape index (κ2) is 8.09. The van der Waals surface area contributed by atoms with Gasteiger partial charge in [0.05, 0.1) is 10.0 Å². The summed E-state index contributed by atoms with van der Waals surface area (Å²) in [6.45, 7) is 5.30. The first-order valence-corrected chi connectivity index (χ1v) is 8.68. The number of halogens is 2. The number of hydrogen-bond donors (Lipinski definition) is 1. The van der Waals surface area contributed by atoms with Gasteiger partial charge in [0.1, 0.15) is 0 Å². The van der Waals surface area contributed by atoms with E-state index in [1.54, 1.807) is 11.8 Å². The number of benzene rings is 2. The largest absolute Gasteiger partial charge is 0.310 e. The highest BCUT2D eigenvalue weighted by Crippen LogP contribution is 2.36. The molecule has 0 aliphatic rings. The maximum Gasteiger partial charge on any atom is 0.0603 e. The molecule has 1 nitrogen and oxygen atoms in total. The summed E-state index contributed by atoms with van der Waals surface area (Å²) in [5, 5.41) is 4.72. The zero-order valence-electron chi connectivity index (χ0n) is 12.2. The first-order valence-electron chi connectivity index (χ1n) is 7.10. The Bertz CT molecular complexity index is 601. The molecule has 21 heavy (non-hydrogen) atoms. The molecule has 2 aromatic rings. The third-order valence-electron chi connectivity index (χ3n) is 3.27. The standard InChI is InChI=1S/C17H19Cl2NS/c1-3-16(20-4-2)13-7-5-6-8-17(13)21-12-9-10-14(18)15(19)11-12/h5-11,16,20H,3-4H2,1-2H3. The van der Waals surface area contributed by atoms with Gasteiger partial charge < -0.3 is 5.32 Å². The molecule has 0 radical (unpaired) electrons. The Kier molecular flexibility index (Phi) is 6.43. The molecular weight excluding hydrogens is 321 g/mol. The van der Waals surface area contributed by atoms with E-state index in [0.29, 0.717) is 16.1 Å². The molecule has 0 aliphatic heterocycles. The van der Waals surface area contributed by atoms with Crippen molar-refractivity contribution in [2.45, 2.75) is 36.1 Å². The van der Waals surface area contributed by atoms with Crippen LogP contribution in [-0.2, 0) is 0 Å². The number of hydrogen-bond acceptors (Lipinski definition) is 2. The first-order chi connectivity index (χ1) is 10.2. The monoisotopic (exact) mass is 339 g/mol. The second-order valence-corrected chi connectivity index (χ2v) is 6.66. The maximum absolute atomic E-state index is 6.10. The summed E-state index contributed by atoms with van der Waals surface area (Å²) in [4.78, 5) is 2.35. The summed E-state index contributed by atoms with van der Waals surface area (Å²) in [6, 6.07) is 14.6. The van der Waals surface area contributed by atoms with Crippen LogP contribution >= 0.6 is 35.0 Å². The predicted octanol–water partition coefficient (Wildman–Crippen LogP) is 6.21. The molecule has 0 amide bonds. The third-order valence-corrected chi connectivity index (χ3v) is 5.09. The molecule has 0 aliphatic carbocycles. The lowest BCUT2D eigenvalue weighted by molar-refractivity contribution is 0.530. The van der Waals surface area contributed by atoms with Gasteiger partial charge in [0.2, 0.25) is 0 Å². The molecule has 1 N–H and O–H groups in total. The Morgan fingerprint density at radius 2 is 1.81 bits per heavy atom. The van der Waals surface area contributed by atoms with Crippen LogP contribution in [0.2, 0.25) is 10.0 Å². The topological polar surface area (TPSA) is 12.0 Å². The van der Waals surface area contributed by atoms with E-state index in [0.717, 1.165) is 17.9 Å². The fourth-order valence-electron chi connectivity index (χ4n) is 2.25. The van der Waals surface area contributed by atoms with E-state index in [2.05, 4.69) is 43.4 Å². The molecule has 112 valence electrons. The fraction of sp³-hybridized carbons (Fsp3) is 0.294. The van der Waals surface area contributed by atoms with Gasteiger partial charge in [-0.1, -0.05) is 67.0 Å². The molecular formula is C17H19Cl2NS. The zero-order chi connectivity index (χ0) is 15.2. The lowest BCUT2D eigenvalue weighted by Gasteiger charge is -2.19. The van der Waals surface area contributed by atoms with Crippen molar-refractivity contribution in [1.82, 2.24) is 5.32 Å². The van der Waals surface area contributed by atoms with Crippen LogP contribution in [0.3, 0.4) is 0 Å². The molecule has 0 saturated heterocycles. The average Bonchev–Trinajstić information content (AvgIpc) is 2.49. The molecule has 0 bridgehead atoms. The Labute approximate surface area is 141 Å². The zero-order valence-corrected chi connectivity index (χ0v) is 14.5. The quantitative estimate of drug-likeness (QED) is 0.671. The molecule has 4 heteroatoms. The van der Waals surface area contributed by atoms with Crippen LogP contribution in [0.4, 0.5) is 0 Å².